The van der Waals surface area contributed by atoms with Crippen molar-refractivity contribution in [3.63, 3.8) is 0 Å². The number of carbonyl (C=O) groups is 1. The average molecular weight is 363 g/mol. The number of rotatable bonds is 3. The van der Waals surface area contributed by atoms with Crippen LogP contribution in [0.1, 0.15) is 21.6 Å². The van der Waals surface area contributed by atoms with Crippen LogP contribution in [-0.2, 0) is 11.3 Å². The molecule has 122 valence electrons. The SMILES string of the molecule is Cc1ccc2nc(COC(=O)c3ccc(Cl)c(Cl)c3)cc(=O)n2c1. The zero-order chi connectivity index (χ0) is 17.3. The summed E-state index contributed by atoms with van der Waals surface area (Å²) in [5, 5.41) is 0.622. The smallest absolute Gasteiger partial charge is 0.338 e. The molecule has 5 nitrogen and oxygen atoms in total. The number of carbonyl (C=O) groups excluding carboxylic acids is 1. The fourth-order valence-corrected chi connectivity index (χ4v) is 2.48. The lowest BCUT2D eigenvalue weighted by molar-refractivity contribution is 0.0467. The molecule has 2 heterocycles. The number of hydrogen-bond acceptors (Lipinski definition) is 4. The van der Waals surface area contributed by atoms with Gasteiger partial charge in [-0.05, 0) is 36.8 Å². The summed E-state index contributed by atoms with van der Waals surface area (Å²) in [5.74, 6) is -0.570. The third kappa shape index (κ3) is 3.42. The van der Waals surface area contributed by atoms with Crippen molar-refractivity contribution in [1.29, 1.82) is 0 Å². The number of ether oxygens (including phenoxy) is 1. The molecule has 1 aromatic carbocycles. The fraction of sp³-hybridized carbons (Fsp3) is 0.118. The molecule has 0 aliphatic rings. The number of hydrogen-bond donors (Lipinski definition) is 0. The number of aryl methyl sites for hydroxylation is 1. The molecule has 0 bridgehead atoms. The van der Waals surface area contributed by atoms with Crippen LogP contribution >= 0.6 is 23.2 Å². The second-order valence-corrected chi connectivity index (χ2v) is 6.04. The Balaban J connectivity index is 1.80. The van der Waals surface area contributed by atoms with Crippen molar-refractivity contribution in [2.75, 3.05) is 0 Å². The molecular weight excluding hydrogens is 351 g/mol. The average Bonchev–Trinajstić information content (AvgIpc) is 2.56. The van der Waals surface area contributed by atoms with Crippen LogP contribution in [0.5, 0.6) is 0 Å². The maximum atomic E-state index is 12.1. The van der Waals surface area contributed by atoms with E-state index in [-0.39, 0.29) is 22.8 Å². The second-order valence-electron chi connectivity index (χ2n) is 5.23. The van der Waals surface area contributed by atoms with E-state index in [1.165, 1.54) is 28.7 Å². The lowest BCUT2D eigenvalue weighted by Gasteiger charge is -2.07. The number of aromatic nitrogens is 2. The molecule has 24 heavy (non-hydrogen) atoms. The van der Waals surface area contributed by atoms with Gasteiger partial charge in [-0.15, -0.1) is 0 Å². The molecule has 0 amide bonds. The maximum Gasteiger partial charge on any atom is 0.338 e. The van der Waals surface area contributed by atoms with Gasteiger partial charge in [0.05, 0.1) is 21.3 Å². The van der Waals surface area contributed by atoms with Gasteiger partial charge < -0.3 is 4.74 Å². The molecule has 0 aliphatic carbocycles. The van der Waals surface area contributed by atoms with Crippen molar-refractivity contribution >= 4 is 34.8 Å². The third-order valence-corrected chi connectivity index (χ3v) is 4.11. The van der Waals surface area contributed by atoms with Crippen LogP contribution in [0.2, 0.25) is 10.0 Å². The van der Waals surface area contributed by atoms with Crippen LogP contribution in [0, 0.1) is 6.92 Å². The first-order valence-electron chi connectivity index (χ1n) is 7.05. The summed E-state index contributed by atoms with van der Waals surface area (Å²) in [6.07, 6.45) is 1.70. The van der Waals surface area contributed by atoms with Crippen molar-refractivity contribution in [1.82, 2.24) is 9.38 Å². The summed E-state index contributed by atoms with van der Waals surface area (Å²) in [6, 6.07) is 9.39. The van der Waals surface area contributed by atoms with Gasteiger partial charge in [0.1, 0.15) is 12.3 Å². The summed E-state index contributed by atoms with van der Waals surface area (Å²) < 4.78 is 6.63. The van der Waals surface area contributed by atoms with E-state index in [9.17, 15) is 9.59 Å². The molecule has 0 N–H and O–H groups in total. The van der Waals surface area contributed by atoms with Gasteiger partial charge >= 0.3 is 5.97 Å². The Morgan fingerprint density at radius 1 is 1.17 bits per heavy atom. The Kier molecular flexibility index (Phi) is 4.55. The zero-order valence-corrected chi connectivity index (χ0v) is 14.1. The Labute approximate surface area is 147 Å². The highest BCUT2D eigenvalue weighted by Gasteiger charge is 2.11. The molecule has 0 unspecified atom stereocenters. The van der Waals surface area contributed by atoms with Crippen LogP contribution in [-0.4, -0.2) is 15.4 Å². The van der Waals surface area contributed by atoms with Crippen molar-refractivity contribution < 1.29 is 9.53 Å². The minimum Gasteiger partial charge on any atom is -0.456 e. The predicted octanol–water partition coefficient (Wildman–Crippen LogP) is 3.67. The lowest BCUT2D eigenvalue weighted by Crippen LogP contribution is -2.17. The molecule has 0 fully saturated rings. The highest BCUT2D eigenvalue weighted by Crippen LogP contribution is 2.23. The topological polar surface area (TPSA) is 60.7 Å². The van der Waals surface area contributed by atoms with Gasteiger partial charge in [0.15, 0.2) is 0 Å². The van der Waals surface area contributed by atoms with E-state index < -0.39 is 5.97 Å². The van der Waals surface area contributed by atoms with Gasteiger partial charge in [0.25, 0.3) is 5.56 Å². The number of esters is 1. The fourth-order valence-electron chi connectivity index (χ4n) is 2.18. The lowest BCUT2D eigenvalue weighted by atomic mass is 10.2. The number of halogens is 2. The molecular formula is C17H12Cl2N2O3. The molecule has 0 atom stereocenters. The molecule has 0 radical (unpaired) electrons. The van der Waals surface area contributed by atoms with Crippen molar-refractivity contribution in [2.45, 2.75) is 13.5 Å². The number of fused-ring (bicyclic) bond motifs is 1. The van der Waals surface area contributed by atoms with E-state index in [2.05, 4.69) is 4.98 Å². The largest absolute Gasteiger partial charge is 0.456 e. The highest BCUT2D eigenvalue weighted by atomic mass is 35.5. The summed E-state index contributed by atoms with van der Waals surface area (Å²) in [5.41, 5.74) is 1.86. The number of nitrogens with zero attached hydrogens (tertiary/aromatic N) is 2. The van der Waals surface area contributed by atoms with Crippen LogP contribution in [0.4, 0.5) is 0 Å². The molecule has 3 aromatic rings. The van der Waals surface area contributed by atoms with Gasteiger partial charge in [-0.25, -0.2) is 9.78 Å². The van der Waals surface area contributed by atoms with Crippen molar-refractivity contribution in [2.24, 2.45) is 0 Å². The molecule has 0 aliphatic heterocycles. The molecule has 0 spiro atoms. The quantitative estimate of drug-likeness (QED) is 0.667. The van der Waals surface area contributed by atoms with Crippen LogP contribution < -0.4 is 5.56 Å². The van der Waals surface area contributed by atoms with Crippen molar-refractivity contribution in [3.05, 3.63) is 79.8 Å². The van der Waals surface area contributed by atoms with E-state index in [1.54, 1.807) is 12.3 Å². The van der Waals surface area contributed by atoms with Gasteiger partial charge in [-0.1, -0.05) is 29.3 Å². The summed E-state index contributed by atoms with van der Waals surface area (Å²) >= 11 is 11.7. The Bertz CT molecular complexity index is 999. The summed E-state index contributed by atoms with van der Waals surface area (Å²) in [6.45, 7) is 1.78. The first-order chi connectivity index (χ1) is 11.4. The zero-order valence-electron chi connectivity index (χ0n) is 12.6. The first kappa shape index (κ1) is 16.5. The van der Waals surface area contributed by atoms with Crippen LogP contribution in [0.15, 0.2) is 47.4 Å². The third-order valence-electron chi connectivity index (χ3n) is 3.37. The van der Waals surface area contributed by atoms with Gasteiger partial charge in [0.2, 0.25) is 0 Å². The number of benzene rings is 1. The number of pyridine rings is 1. The Morgan fingerprint density at radius 3 is 2.71 bits per heavy atom. The van der Waals surface area contributed by atoms with Crippen LogP contribution in [0.3, 0.4) is 0 Å². The molecule has 3 rings (SSSR count). The van der Waals surface area contributed by atoms with Crippen molar-refractivity contribution in [3.8, 4) is 0 Å². The Hall–Kier alpha value is -2.37. The first-order valence-corrected chi connectivity index (χ1v) is 7.81. The highest BCUT2D eigenvalue weighted by molar-refractivity contribution is 6.42. The van der Waals surface area contributed by atoms with E-state index >= 15 is 0 Å². The standard InChI is InChI=1S/C17H12Cl2N2O3/c1-10-2-5-15-20-12(7-16(22)21(15)8-10)9-24-17(23)11-3-4-13(18)14(19)6-11/h2-8H,9H2,1H3. The predicted molar refractivity (Wildman–Crippen MR) is 91.8 cm³/mol. The molecule has 2 aromatic heterocycles. The molecule has 7 heteroatoms. The second kappa shape index (κ2) is 6.63. The van der Waals surface area contributed by atoms with E-state index in [4.69, 9.17) is 27.9 Å². The van der Waals surface area contributed by atoms with E-state index in [0.29, 0.717) is 16.4 Å². The van der Waals surface area contributed by atoms with Gasteiger partial charge in [-0.2, -0.15) is 0 Å². The minimum absolute atomic E-state index is 0.112. The monoisotopic (exact) mass is 362 g/mol. The van der Waals surface area contributed by atoms with E-state index in [0.717, 1.165) is 5.56 Å². The Morgan fingerprint density at radius 2 is 1.96 bits per heavy atom. The normalized spacial score (nSPS) is 10.8. The van der Waals surface area contributed by atoms with Gasteiger partial charge in [-0.3, -0.25) is 9.20 Å². The minimum atomic E-state index is -0.570. The van der Waals surface area contributed by atoms with Crippen LogP contribution in [0.25, 0.3) is 5.65 Å². The summed E-state index contributed by atoms with van der Waals surface area (Å²) in [4.78, 5) is 28.5. The maximum absolute atomic E-state index is 12.1. The molecule has 0 saturated heterocycles. The van der Waals surface area contributed by atoms with E-state index in [1.807, 2.05) is 13.0 Å². The summed E-state index contributed by atoms with van der Waals surface area (Å²) in [7, 11) is 0. The van der Waals surface area contributed by atoms with Gasteiger partial charge in [0, 0.05) is 12.3 Å². The molecule has 0 saturated carbocycles.